The molecule has 2 aliphatic rings. The number of methoxy groups -OCH3 is 1. The average molecular weight is 292 g/mol. The summed E-state index contributed by atoms with van der Waals surface area (Å²) in [6, 6.07) is 6.52. The van der Waals surface area contributed by atoms with Gasteiger partial charge in [0.2, 0.25) is 0 Å². The van der Waals surface area contributed by atoms with E-state index in [1.807, 2.05) is 12.1 Å². The minimum atomic E-state index is -0.211. The van der Waals surface area contributed by atoms with Crippen LogP contribution in [0.1, 0.15) is 12.8 Å². The molecule has 0 radical (unpaired) electrons. The van der Waals surface area contributed by atoms with Crippen LogP contribution >= 0.6 is 0 Å². The number of carbonyl (C=O) groups is 1. The fourth-order valence-electron chi connectivity index (χ4n) is 3.08. The Morgan fingerprint density at radius 1 is 1.19 bits per heavy atom. The predicted molar refractivity (Wildman–Crippen MR) is 78.7 cm³/mol. The lowest BCUT2D eigenvalue weighted by Gasteiger charge is -2.39. The summed E-state index contributed by atoms with van der Waals surface area (Å²) in [4.78, 5) is 16.4. The number of esters is 1. The summed E-state index contributed by atoms with van der Waals surface area (Å²) in [5.41, 5.74) is 1.04. The SMILES string of the molecule is COC(=O)C(C1CC1)N1CCN(c2ccc(F)cc2)CC1. The third-order valence-corrected chi connectivity index (χ3v) is 4.41. The summed E-state index contributed by atoms with van der Waals surface area (Å²) in [5.74, 6) is 0.152. The number of halogens is 1. The van der Waals surface area contributed by atoms with E-state index in [2.05, 4.69) is 9.80 Å². The Hall–Kier alpha value is -1.62. The fraction of sp³-hybridized carbons (Fsp3) is 0.562. The minimum Gasteiger partial charge on any atom is -0.468 e. The Morgan fingerprint density at radius 3 is 2.33 bits per heavy atom. The maximum atomic E-state index is 13.0. The molecule has 1 aliphatic heterocycles. The second-order valence-corrected chi connectivity index (χ2v) is 5.80. The van der Waals surface area contributed by atoms with Gasteiger partial charge in [-0.25, -0.2) is 4.39 Å². The maximum absolute atomic E-state index is 13.0. The number of piperazine rings is 1. The van der Waals surface area contributed by atoms with E-state index in [-0.39, 0.29) is 17.8 Å². The van der Waals surface area contributed by atoms with Gasteiger partial charge in [0.15, 0.2) is 0 Å². The largest absolute Gasteiger partial charge is 0.468 e. The van der Waals surface area contributed by atoms with Crippen molar-refractivity contribution in [3.05, 3.63) is 30.1 Å². The summed E-state index contributed by atoms with van der Waals surface area (Å²) in [6.45, 7) is 3.39. The Balaban J connectivity index is 1.61. The molecule has 1 unspecified atom stereocenters. The van der Waals surface area contributed by atoms with E-state index in [0.717, 1.165) is 44.7 Å². The Labute approximate surface area is 124 Å². The van der Waals surface area contributed by atoms with Crippen molar-refractivity contribution >= 4 is 11.7 Å². The predicted octanol–water partition coefficient (Wildman–Crippen LogP) is 1.90. The summed E-state index contributed by atoms with van der Waals surface area (Å²) >= 11 is 0. The van der Waals surface area contributed by atoms with Gasteiger partial charge >= 0.3 is 5.97 Å². The van der Waals surface area contributed by atoms with Gasteiger partial charge in [-0.15, -0.1) is 0 Å². The van der Waals surface area contributed by atoms with Gasteiger partial charge in [0.25, 0.3) is 0 Å². The fourth-order valence-corrected chi connectivity index (χ4v) is 3.08. The van der Waals surface area contributed by atoms with E-state index < -0.39 is 0 Å². The molecule has 0 aromatic heterocycles. The zero-order valence-electron chi connectivity index (χ0n) is 12.3. The highest BCUT2D eigenvalue weighted by Crippen LogP contribution is 2.36. The van der Waals surface area contributed by atoms with Crippen molar-refractivity contribution in [2.45, 2.75) is 18.9 Å². The van der Waals surface area contributed by atoms with Gasteiger partial charge in [0.1, 0.15) is 11.9 Å². The molecule has 21 heavy (non-hydrogen) atoms. The molecular weight excluding hydrogens is 271 g/mol. The molecule has 0 bridgehead atoms. The van der Waals surface area contributed by atoms with Crippen molar-refractivity contribution in [3.8, 4) is 0 Å². The van der Waals surface area contributed by atoms with Crippen molar-refractivity contribution in [2.24, 2.45) is 5.92 Å². The van der Waals surface area contributed by atoms with Crippen LogP contribution in [0, 0.1) is 11.7 Å². The molecule has 114 valence electrons. The molecule has 0 amide bonds. The highest BCUT2D eigenvalue weighted by molar-refractivity contribution is 5.76. The molecule has 3 rings (SSSR count). The molecule has 4 nitrogen and oxygen atoms in total. The number of hydrogen-bond acceptors (Lipinski definition) is 4. The average Bonchev–Trinajstić information content (AvgIpc) is 3.34. The Bertz CT molecular complexity index is 494. The van der Waals surface area contributed by atoms with E-state index in [4.69, 9.17) is 4.74 Å². The van der Waals surface area contributed by atoms with Crippen LogP contribution in [0.25, 0.3) is 0 Å². The number of anilines is 1. The van der Waals surface area contributed by atoms with Gasteiger partial charge in [0, 0.05) is 31.9 Å². The van der Waals surface area contributed by atoms with Gasteiger partial charge < -0.3 is 9.64 Å². The maximum Gasteiger partial charge on any atom is 0.323 e. The third kappa shape index (κ3) is 3.18. The molecule has 1 heterocycles. The van der Waals surface area contributed by atoms with Crippen LogP contribution in [0.5, 0.6) is 0 Å². The summed E-state index contributed by atoms with van der Waals surface area (Å²) < 4.78 is 17.9. The molecule has 1 aromatic rings. The quantitative estimate of drug-likeness (QED) is 0.794. The summed E-state index contributed by atoms with van der Waals surface area (Å²) in [7, 11) is 1.46. The van der Waals surface area contributed by atoms with E-state index in [1.165, 1.54) is 19.2 Å². The van der Waals surface area contributed by atoms with E-state index in [0.29, 0.717) is 5.92 Å². The highest BCUT2D eigenvalue weighted by atomic mass is 19.1. The van der Waals surface area contributed by atoms with Crippen LogP contribution in [-0.4, -0.2) is 50.2 Å². The molecule has 1 saturated carbocycles. The molecule has 2 fully saturated rings. The van der Waals surface area contributed by atoms with Crippen LogP contribution < -0.4 is 4.90 Å². The first kappa shape index (κ1) is 14.3. The van der Waals surface area contributed by atoms with Gasteiger partial charge in [-0.1, -0.05) is 0 Å². The second-order valence-electron chi connectivity index (χ2n) is 5.80. The number of carbonyl (C=O) groups excluding carboxylic acids is 1. The lowest BCUT2D eigenvalue weighted by molar-refractivity contribution is -0.148. The van der Waals surface area contributed by atoms with Crippen molar-refractivity contribution in [1.29, 1.82) is 0 Å². The van der Waals surface area contributed by atoms with Crippen LogP contribution in [-0.2, 0) is 9.53 Å². The monoisotopic (exact) mass is 292 g/mol. The van der Waals surface area contributed by atoms with Crippen molar-refractivity contribution in [3.63, 3.8) is 0 Å². The van der Waals surface area contributed by atoms with Crippen LogP contribution in [0.15, 0.2) is 24.3 Å². The van der Waals surface area contributed by atoms with E-state index in [9.17, 15) is 9.18 Å². The lowest BCUT2D eigenvalue weighted by atomic mass is 10.1. The van der Waals surface area contributed by atoms with Crippen LogP contribution in [0.3, 0.4) is 0 Å². The second kappa shape index (κ2) is 6.02. The first-order valence-corrected chi connectivity index (χ1v) is 7.51. The summed E-state index contributed by atoms with van der Waals surface area (Å²) in [6.07, 6.45) is 2.25. The Morgan fingerprint density at radius 2 is 1.81 bits per heavy atom. The van der Waals surface area contributed by atoms with Crippen molar-refractivity contribution in [1.82, 2.24) is 4.90 Å². The van der Waals surface area contributed by atoms with Crippen molar-refractivity contribution in [2.75, 3.05) is 38.2 Å². The smallest absolute Gasteiger partial charge is 0.323 e. The first-order valence-electron chi connectivity index (χ1n) is 7.51. The van der Waals surface area contributed by atoms with Gasteiger partial charge in [-0.3, -0.25) is 9.69 Å². The zero-order valence-corrected chi connectivity index (χ0v) is 12.3. The minimum absolute atomic E-state index is 0.0784. The third-order valence-electron chi connectivity index (χ3n) is 4.41. The number of ether oxygens (including phenoxy) is 1. The molecular formula is C16H21FN2O2. The molecule has 5 heteroatoms. The first-order chi connectivity index (χ1) is 10.2. The topological polar surface area (TPSA) is 32.8 Å². The summed E-state index contributed by atoms with van der Waals surface area (Å²) in [5, 5.41) is 0. The van der Waals surface area contributed by atoms with Gasteiger partial charge in [-0.2, -0.15) is 0 Å². The standard InChI is InChI=1S/C16H21FN2O2/c1-21-16(20)15(12-2-3-12)19-10-8-18(9-11-19)14-6-4-13(17)5-7-14/h4-7,12,15H,2-3,8-11H2,1H3. The lowest BCUT2D eigenvalue weighted by Crippen LogP contribution is -2.53. The van der Waals surface area contributed by atoms with Gasteiger partial charge in [0.05, 0.1) is 7.11 Å². The van der Waals surface area contributed by atoms with Gasteiger partial charge in [-0.05, 0) is 43.0 Å². The molecule has 1 atom stereocenters. The van der Waals surface area contributed by atoms with E-state index >= 15 is 0 Å². The Kier molecular flexibility index (Phi) is 4.10. The molecule has 1 saturated heterocycles. The molecule has 0 N–H and O–H groups in total. The number of nitrogens with zero attached hydrogens (tertiary/aromatic N) is 2. The molecule has 1 aliphatic carbocycles. The number of benzene rings is 1. The highest BCUT2D eigenvalue weighted by Gasteiger charge is 2.41. The van der Waals surface area contributed by atoms with Crippen molar-refractivity contribution < 1.29 is 13.9 Å². The molecule has 1 aromatic carbocycles. The van der Waals surface area contributed by atoms with E-state index in [1.54, 1.807) is 0 Å². The number of hydrogen-bond donors (Lipinski definition) is 0. The number of rotatable bonds is 4. The molecule has 0 spiro atoms. The normalized spacial score (nSPS) is 21.1. The van der Waals surface area contributed by atoms with Crippen LogP contribution in [0.2, 0.25) is 0 Å². The van der Waals surface area contributed by atoms with Crippen LogP contribution in [0.4, 0.5) is 10.1 Å². The zero-order chi connectivity index (χ0) is 14.8.